The first-order valence-electron chi connectivity index (χ1n) is 8.67. The van der Waals surface area contributed by atoms with Crippen LogP contribution in [0.1, 0.15) is 0 Å². The summed E-state index contributed by atoms with van der Waals surface area (Å²) in [6.07, 6.45) is 0. The van der Waals surface area contributed by atoms with Crippen LogP contribution in [-0.2, 0) is 19.5 Å². The van der Waals surface area contributed by atoms with Gasteiger partial charge in [0.15, 0.2) is 5.75 Å². The van der Waals surface area contributed by atoms with Crippen LogP contribution in [0.25, 0.3) is 21.5 Å². The Hall–Kier alpha value is -1.06. The predicted octanol–water partition coefficient (Wildman–Crippen LogP) is -1.74. The van der Waals surface area contributed by atoms with E-state index in [9.17, 15) is 23.3 Å². The van der Waals surface area contributed by atoms with Crippen molar-refractivity contribution in [2.75, 3.05) is 0 Å². The van der Waals surface area contributed by atoms with Crippen molar-refractivity contribution in [3.05, 3.63) is 66.7 Å². The summed E-state index contributed by atoms with van der Waals surface area (Å²) in [5, 5.41) is 33.8. The second-order valence-corrected chi connectivity index (χ2v) is 8.38. The molecule has 0 aliphatic heterocycles. The molecule has 0 saturated carbocycles. The molecule has 0 aromatic heterocycles. The molecule has 0 aliphatic carbocycles. The molecule has 0 amide bonds. The zero-order chi connectivity index (χ0) is 22.0. The van der Waals surface area contributed by atoms with Gasteiger partial charge in [0.2, 0.25) is 0 Å². The Labute approximate surface area is 237 Å². The standard InChI is InChI=1S/C20H14N2O7S2.2Na/c23-20-15-8-4-3-7-14(15)19(31(25,26)27)11-17(20)22-21-16-9-10-18(30-29-28-24)13-6-2-1-5-12(13)16;;/h1-11,23-24H,(H,25,26,27);;/q;2*+1/p-2. The number of nitrogens with zero attached hydrogens (tertiary/aromatic N) is 2. The molecule has 0 atom stereocenters. The Bertz CT molecular complexity index is 1430. The summed E-state index contributed by atoms with van der Waals surface area (Å²) in [6.45, 7) is 0. The molecular weight excluding hydrogens is 490 g/mol. The number of hydrogen-bond donors (Lipinski definition) is 1. The van der Waals surface area contributed by atoms with Crippen molar-refractivity contribution in [2.24, 2.45) is 10.2 Å². The fourth-order valence-electron chi connectivity index (χ4n) is 3.17. The average Bonchev–Trinajstić information content (AvgIpc) is 2.77. The van der Waals surface area contributed by atoms with Crippen LogP contribution in [0.4, 0.5) is 11.4 Å². The Morgan fingerprint density at radius 3 is 2.03 bits per heavy atom. The minimum absolute atomic E-state index is 0. The molecule has 13 heteroatoms. The van der Waals surface area contributed by atoms with Gasteiger partial charge in [-0.05, 0) is 23.6 Å². The zero-order valence-electron chi connectivity index (χ0n) is 17.5. The van der Waals surface area contributed by atoms with Gasteiger partial charge in [-0.3, -0.25) is 5.04 Å². The Morgan fingerprint density at radius 1 is 0.818 bits per heavy atom. The molecule has 0 aliphatic rings. The first kappa shape index (κ1) is 28.2. The zero-order valence-corrected chi connectivity index (χ0v) is 23.1. The number of azo groups is 1. The summed E-state index contributed by atoms with van der Waals surface area (Å²) < 4.78 is 39.6. The van der Waals surface area contributed by atoms with E-state index < -0.39 is 15.0 Å². The van der Waals surface area contributed by atoms with E-state index in [-0.39, 0.29) is 81.3 Å². The Balaban J connectivity index is 0.00000193. The number of hydrogen-bond acceptors (Lipinski definition) is 10. The fourth-order valence-corrected chi connectivity index (χ4v) is 4.37. The number of rotatable bonds is 6. The molecule has 9 nitrogen and oxygen atoms in total. The van der Waals surface area contributed by atoms with E-state index >= 15 is 0 Å². The predicted molar refractivity (Wildman–Crippen MR) is 110 cm³/mol. The number of phenols is 1. The molecule has 4 rings (SSSR count). The molecule has 0 unspecified atom stereocenters. The van der Waals surface area contributed by atoms with Gasteiger partial charge in [0, 0.05) is 21.1 Å². The number of benzene rings is 4. The van der Waals surface area contributed by atoms with Crippen molar-refractivity contribution < 1.29 is 91.8 Å². The maximum absolute atomic E-state index is 11.7. The van der Waals surface area contributed by atoms with E-state index in [0.717, 1.165) is 18.1 Å². The van der Waals surface area contributed by atoms with E-state index in [4.69, 9.17) is 0 Å². The van der Waals surface area contributed by atoms with Crippen LogP contribution in [0.15, 0.2) is 86.7 Å². The molecule has 0 fully saturated rings. The van der Waals surface area contributed by atoms with Gasteiger partial charge in [0.1, 0.15) is 15.8 Å². The first-order valence-corrected chi connectivity index (χ1v) is 10.8. The summed E-state index contributed by atoms with van der Waals surface area (Å²) in [5.74, 6) is -0.302. The van der Waals surface area contributed by atoms with Crippen molar-refractivity contribution in [1.29, 1.82) is 0 Å². The van der Waals surface area contributed by atoms with Gasteiger partial charge < -0.3 is 14.9 Å². The van der Waals surface area contributed by atoms with Crippen molar-refractivity contribution >= 4 is 55.1 Å². The maximum Gasteiger partial charge on any atom is 1.00 e. The number of fused-ring (bicyclic) bond motifs is 2. The maximum atomic E-state index is 11.7. The first-order chi connectivity index (χ1) is 14.9. The van der Waals surface area contributed by atoms with E-state index in [1.165, 1.54) is 12.1 Å². The molecule has 0 heterocycles. The van der Waals surface area contributed by atoms with Crippen LogP contribution in [0.2, 0.25) is 0 Å². The van der Waals surface area contributed by atoms with E-state index in [0.29, 0.717) is 21.4 Å². The van der Waals surface area contributed by atoms with Crippen molar-refractivity contribution in [2.45, 2.75) is 9.79 Å². The van der Waals surface area contributed by atoms with Crippen LogP contribution in [0.3, 0.4) is 0 Å². The monoisotopic (exact) mass is 502 g/mol. The van der Waals surface area contributed by atoms with Crippen molar-refractivity contribution in [1.82, 2.24) is 0 Å². The molecule has 158 valence electrons. The number of aromatic hydroxyl groups is 1. The van der Waals surface area contributed by atoms with Gasteiger partial charge in [0.05, 0.1) is 22.6 Å². The average molecular weight is 502 g/mol. The van der Waals surface area contributed by atoms with Gasteiger partial charge >= 0.3 is 59.1 Å². The van der Waals surface area contributed by atoms with Crippen LogP contribution >= 0.6 is 12.0 Å². The van der Waals surface area contributed by atoms with Crippen LogP contribution in [0.5, 0.6) is 5.75 Å². The Kier molecular flexibility index (Phi) is 10.3. The largest absolute Gasteiger partial charge is 1.00 e. The van der Waals surface area contributed by atoms with E-state index in [2.05, 4.69) is 19.6 Å². The van der Waals surface area contributed by atoms with E-state index in [1.54, 1.807) is 48.5 Å². The minimum atomic E-state index is -4.82. The molecule has 1 N–H and O–H groups in total. The van der Waals surface area contributed by atoms with Gasteiger partial charge in [-0.2, -0.15) is 4.33 Å². The van der Waals surface area contributed by atoms with Gasteiger partial charge in [-0.15, -0.1) is 10.2 Å². The summed E-state index contributed by atoms with van der Waals surface area (Å²) in [7, 11) is -4.82. The van der Waals surface area contributed by atoms with Crippen molar-refractivity contribution in [3.63, 3.8) is 0 Å². The quantitative estimate of drug-likeness (QED) is 0.0817. The van der Waals surface area contributed by atoms with Crippen LogP contribution < -0.4 is 64.4 Å². The summed E-state index contributed by atoms with van der Waals surface area (Å²) in [5.41, 5.74) is 0.237. The second-order valence-electron chi connectivity index (χ2n) is 6.29. The third-order valence-electron chi connectivity index (χ3n) is 4.51. The van der Waals surface area contributed by atoms with E-state index in [1.807, 2.05) is 0 Å². The molecule has 4 aromatic rings. The molecule has 0 spiro atoms. The molecule has 0 saturated heterocycles. The fraction of sp³-hybridized carbons (Fsp3) is 0. The van der Waals surface area contributed by atoms with Crippen LogP contribution in [-0.4, -0.2) is 18.1 Å². The third-order valence-corrected chi connectivity index (χ3v) is 6.04. The molecule has 0 bridgehead atoms. The summed E-state index contributed by atoms with van der Waals surface area (Å²) in [4.78, 5) is 0.0971. The van der Waals surface area contributed by atoms with Crippen LogP contribution in [0, 0.1) is 0 Å². The second kappa shape index (κ2) is 12.1. The third kappa shape index (κ3) is 6.14. The van der Waals surface area contributed by atoms with Gasteiger partial charge in [-0.25, -0.2) is 8.42 Å². The summed E-state index contributed by atoms with van der Waals surface area (Å²) in [6, 6.07) is 17.4. The number of phenolic OH excluding ortho intramolecular Hbond substituents is 1. The van der Waals surface area contributed by atoms with Gasteiger partial charge in [-0.1, -0.05) is 48.5 Å². The molecule has 0 radical (unpaired) electrons. The molecule has 4 aromatic carbocycles. The topological polar surface area (TPSA) is 144 Å². The van der Waals surface area contributed by atoms with Crippen molar-refractivity contribution in [3.8, 4) is 5.75 Å². The minimum Gasteiger partial charge on any atom is -0.744 e. The molecular formula is C20H12N2Na2O7S2. The Morgan fingerprint density at radius 2 is 1.39 bits per heavy atom. The summed E-state index contributed by atoms with van der Waals surface area (Å²) >= 11 is 0.733. The SMILES string of the molecule is O=S(=O)([O-])c1cc(N=Nc2ccc(SOO[O-])c3ccccc23)c(O)c2ccccc12.[Na+].[Na+]. The van der Waals surface area contributed by atoms with Gasteiger partial charge in [0.25, 0.3) is 0 Å². The molecule has 33 heavy (non-hydrogen) atoms. The smallest absolute Gasteiger partial charge is 0.744 e. The normalized spacial score (nSPS) is 11.5.